The molecule has 1 aromatic carbocycles. The molecule has 0 atom stereocenters. The Balaban J connectivity index is 3.33. The van der Waals surface area contributed by atoms with Gasteiger partial charge in [0.05, 0.1) is 13.3 Å². The van der Waals surface area contributed by atoms with Crippen molar-refractivity contribution in [2.24, 2.45) is 5.10 Å². The molecule has 0 saturated carbocycles. The molecule has 0 aliphatic rings. The van der Waals surface area contributed by atoms with Gasteiger partial charge in [-0.1, -0.05) is 41.5 Å². The van der Waals surface area contributed by atoms with Gasteiger partial charge in [0.2, 0.25) is 0 Å². The first-order valence-corrected chi connectivity index (χ1v) is 7.22. The third-order valence-electron chi connectivity index (χ3n) is 3.30. The van der Waals surface area contributed by atoms with E-state index in [1.54, 1.807) is 6.21 Å². The summed E-state index contributed by atoms with van der Waals surface area (Å²) in [6.07, 6.45) is 0.919. The molecule has 122 valence electrons. The smallest absolute Gasteiger partial charge is 0.427 e. The molecule has 2 N–H and O–H groups in total. The second kappa shape index (κ2) is 6.38. The van der Waals surface area contributed by atoms with E-state index in [1.807, 2.05) is 53.7 Å². The van der Waals surface area contributed by atoms with E-state index in [4.69, 9.17) is 0 Å². The van der Waals surface area contributed by atoms with E-state index in [-0.39, 0.29) is 10.8 Å². The molecule has 0 bridgehead atoms. The van der Waals surface area contributed by atoms with Crippen LogP contribution in [0.25, 0.3) is 0 Å². The van der Waals surface area contributed by atoms with Gasteiger partial charge < -0.3 is 9.84 Å². The van der Waals surface area contributed by atoms with Gasteiger partial charge in [0.1, 0.15) is 5.75 Å². The average Bonchev–Trinajstić information content (AvgIpc) is 2.37. The Labute approximate surface area is 132 Å². The van der Waals surface area contributed by atoms with Gasteiger partial charge in [-0.05, 0) is 28.5 Å². The number of aromatic hydroxyl groups is 1. The lowest BCUT2D eigenvalue weighted by molar-refractivity contribution is 0.171. The number of phenolic OH excluding ortho intramolecular Hbond substituents is 1. The quantitative estimate of drug-likeness (QED) is 0.647. The predicted molar refractivity (Wildman–Crippen MR) is 88.6 cm³/mol. The number of hydrogen-bond acceptors (Lipinski definition) is 4. The fraction of sp³-hybridized carbons (Fsp3) is 0.529. The second-order valence-corrected chi connectivity index (χ2v) is 7.33. The van der Waals surface area contributed by atoms with Crippen LogP contribution in [0.4, 0.5) is 4.79 Å². The summed E-state index contributed by atoms with van der Waals surface area (Å²) in [5.74, 6) is 0.318. The van der Waals surface area contributed by atoms with Crippen molar-refractivity contribution < 1.29 is 14.6 Å². The minimum absolute atomic E-state index is 0.205. The van der Waals surface area contributed by atoms with Crippen LogP contribution in [0.3, 0.4) is 0 Å². The van der Waals surface area contributed by atoms with Gasteiger partial charge in [-0.15, -0.1) is 0 Å². The van der Waals surface area contributed by atoms with Crippen molar-refractivity contribution in [1.29, 1.82) is 0 Å². The van der Waals surface area contributed by atoms with Gasteiger partial charge in [0.25, 0.3) is 0 Å². The van der Waals surface area contributed by atoms with Crippen LogP contribution in [0.15, 0.2) is 17.2 Å². The molecule has 1 rings (SSSR count). The summed E-state index contributed by atoms with van der Waals surface area (Å²) in [6, 6.07) is 3.76. The van der Waals surface area contributed by atoms with Crippen molar-refractivity contribution in [3.63, 3.8) is 0 Å². The predicted octanol–water partition coefficient (Wildman–Crippen LogP) is 3.68. The Morgan fingerprint density at radius 3 is 1.95 bits per heavy atom. The van der Waals surface area contributed by atoms with Crippen LogP contribution < -0.4 is 5.43 Å². The highest BCUT2D eigenvalue weighted by molar-refractivity contribution is 5.82. The summed E-state index contributed by atoms with van der Waals surface area (Å²) < 4.78 is 4.46. The number of ether oxygens (including phenoxy) is 1. The first-order chi connectivity index (χ1) is 9.96. The number of nitrogens with zero attached hydrogens (tertiary/aromatic N) is 1. The van der Waals surface area contributed by atoms with E-state index in [0.717, 1.165) is 16.7 Å². The van der Waals surface area contributed by atoms with Gasteiger partial charge in [0, 0.05) is 11.1 Å². The van der Waals surface area contributed by atoms with Gasteiger partial charge in [-0.2, -0.15) is 5.10 Å². The number of methoxy groups -OCH3 is 1. The summed E-state index contributed by atoms with van der Waals surface area (Å²) in [5.41, 5.74) is 4.35. The summed E-state index contributed by atoms with van der Waals surface area (Å²) in [7, 11) is 1.28. The lowest BCUT2D eigenvalue weighted by Gasteiger charge is -2.27. The maximum Gasteiger partial charge on any atom is 0.427 e. The zero-order valence-electron chi connectivity index (χ0n) is 14.4. The lowest BCUT2D eigenvalue weighted by Crippen LogP contribution is -2.19. The normalized spacial score (nSPS) is 12.5. The number of hydrazone groups is 1. The maximum absolute atomic E-state index is 11.0. The minimum atomic E-state index is -0.623. The van der Waals surface area contributed by atoms with Crippen LogP contribution in [0.1, 0.15) is 58.2 Å². The Hall–Kier alpha value is -2.04. The fourth-order valence-electron chi connectivity index (χ4n) is 2.08. The Morgan fingerprint density at radius 1 is 1.14 bits per heavy atom. The molecule has 22 heavy (non-hydrogen) atoms. The number of nitrogens with one attached hydrogen (secondary N) is 1. The molecule has 1 amide bonds. The summed E-state index contributed by atoms with van der Waals surface area (Å²) in [5, 5.41) is 14.5. The molecule has 0 aliphatic carbocycles. The van der Waals surface area contributed by atoms with Crippen LogP contribution in [-0.4, -0.2) is 24.5 Å². The van der Waals surface area contributed by atoms with Crippen molar-refractivity contribution >= 4 is 12.3 Å². The molecule has 0 aliphatic heterocycles. The molecular weight excluding hydrogens is 280 g/mol. The first-order valence-electron chi connectivity index (χ1n) is 7.22. The molecule has 0 aromatic heterocycles. The van der Waals surface area contributed by atoms with Crippen molar-refractivity contribution in [1.82, 2.24) is 5.43 Å². The van der Waals surface area contributed by atoms with E-state index in [0.29, 0.717) is 5.75 Å². The van der Waals surface area contributed by atoms with E-state index in [1.165, 1.54) is 7.11 Å². The number of carbonyl (C=O) groups excluding carboxylic acids is 1. The maximum atomic E-state index is 11.0. The van der Waals surface area contributed by atoms with E-state index in [9.17, 15) is 9.90 Å². The van der Waals surface area contributed by atoms with E-state index < -0.39 is 6.09 Å². The monoisotopic (exact) mass is 306 g/mol. The van der Waals surface area contributed by atoms with Crippen LogP contribution in [0.5, 0.6) is 5.75 Å². The minimum Gasteiger partial charge on any atom is -0.507 e. The summed E-state index contributed by atoms with van der Waals surface area (Å²) >= 11 is 0. The number of amides is 1. The van der Waals surface area contributed by atoms with Crippen molar-refractivity contribution in [3.05, 3.63) is 28.8 Å². The number of benzene rings is 1. The largest absolute Gasteiger partial charge is 0.507 e. The van der Waals surface area contributed by atoms with Crippen LogP contribution in [0.2, 0.25) is 0 Å². The number of carbonyl (C=O) groups is 1. The molecular formula is C17H26N2O3. The zero-order chi connectivity index (χ0) is 17.1. The molecule has 0 heterocycles. The Kier molecular flexibility index (Phi) is 5.22. The van der Waals surface area contributed by atoms with Crippen molar-refractivity contribution in [2.75, 3.05) is 7.11 Å². The van der Waals surface area contributed by atoms with Gasteiger partial charge in [-0.3, -0.25) is 0 Å². The van der Waals surface area contributed by atoms with E-state index in [2.05, 4.69) is 15.3 Å². The molecule has 5 heteroatoms. The van der Waals surface area contributed by atoms with Crippen molar-refractivity contribution in [2.45, 2.75) is 52.4 Å². The van der Waals surface area contributed by atoms with Gasteiger partial charge >= 0.3 is 6.09 Å². The average molecular weight is 306 g/mol. The standard InChI is InChI=1S/C17H26N2O3/c1-16(2,3)12-8-11(10-18-19-15(21)22-7)9-13(14(12)20)17(4,5)6/h8-10,20H,1-7H3,(H,19,21). The third kappa shape index (κ3) is 4.48. The Bertz CT molecular complexity index is 544. The SMILES string of the molecule is COC(=O)NN=Cc1cc(C(C)(C)C)c(O)c(C(C)(C)C)c1. The highest BCUT2D eigenvalue weighted by Crippen LogP contribution is 2.39. The lowest BCUT2D eigenvalue weighted by atomic mass is 9.78. The molecule has 0 fully saturated rings. The summed E-state index contributed by atoms with van der Waals surface area (Å²) in [4.78, 5) is 11.0. The second-order valence-electron chi connectivity index (χ2n) is 7.33. The molecule has 0 unspecified atom stereocenters. The molecule has 5 nitrogen and oxygen atoms in total. The van der Waals surface area contributed by atoms with Crippen LogP contribution >= 0.6 is 0 Å². The molecule has 0 saturated heterocycles. The van der Waals surface area contributed by atoms with Crippen LogP contribution in [-0.2, 0) is 15.6 Å². The third-order valence-corrected chi connectivity index (χ3v) is 3.30. The zero-order valence-corrected chi connectivity index (χ0v) is 14.4. The summed E-state index contributed by atoms with van der Waals surface area (Å²) in [6.45, 7) is 12.3. The highest BCUT2D eigenvalue weighted by Gasteiger charge is 2.26. The van der Waals surface area contributed by atoms with Crippen LogP contribution in [0, 0.1) is 0 Å². The number of phenols is 1. The molecule has 0 spiro atoms. The number of rotatable bonds is 2. The van der Waals surface area contributed by atoms with Crippen molar-refractivity contribution in [3.8, 4) is 5.75 Å². The molecule has 1 aromatic rings. The first kappa shape index (κ1) is 18.0. The topological polar surface area (TPSA) is 70.9 Å². The van der Waals surface area contributed by atoms with Gasteiger partial charge in [-0.25, -0.2) is 10.2 Å². The van der Waals surface area contributed by atoms with E-state index >= 15 is 0 Å². The Morgan fingerprint density at radius 2 is 1.59 bits per heavy atom. The number of hydrogen-bond donors (Lipinski definition) is 2. The fourth-order valence-corrected chi connectivity index (χ4v) is 2.08. The van der Waals surface area contributed by atoms with Gasteiger partial charge in [0.15, 0.2) is 0 Å². The highest BCUT2D eigenvalue weighted by atomic mass is 16.5. The molecule has 0 radical (unpaired) electrons.